The van der Waals surface area contributed by atoms with Gasteiger partial charge < -0.3 is 15.5 Å². The Hall–Kier alpha value is -3.67. The van der Waals surface area contributed by atoms with Crippen molar-refractivity contribution in [3.05, 3.63) is 95.3 Å². The van der Waals surface area contributed by atoms with E-state index in [1.807, 2.05) is 56.3 Å². The van der Waals surface area contributed by atoms with Crippen molar-refractivity contribution in [1.82, 2.24) is 5.32 Å². The number of halogens is 1. The van der Waals surface area contributed by atoms with Crippen molar-refractivity contribution in [1.29, 1.82) is 0 Å². The zero-order valence-corrected chi connectivity index (χ0v) is 17.1. The zero-order chi connectivity index (χ0) is 21.7. The summed E-state index contributed by atoms with van der Waals surface area (Å²) < 4.78 is 13.1. The first-order valence-electron chi connectivity index (χ1n) is 9.59. The molecule has 0 aliphatic carbocycles. The SMILES string of the molecule is CC(NC(=O)c1cc(NC(=O)c2ccc(F)cc2)ccc1N(C)C)c1ccccc1. The number of nitrogens with one attached hydrogen (secondary N) is 2. The van der Waals surface area contributed by atoms with Crippen molar-refractivity contribution in [3.63, 3.8) is 0 Å². The smallest absolute Gasteiger partial charge is 0.255 e. The first-order valence-corrected chi connectivity index (χ1v) is 9.59. The highest BCUT2D eigenvalue weighted by molar-refractivity contribution is 6.06. The topological polar surface area (TPSA) is 61.4 Å². The molecule has 1 atom stereocenters. The molecule has 3 aromatic carbocycles. The maximum atomic E-state index is 13.1. The van der Waals surface area contributed by atoms with E-state index in [-0.39, 0.29) is 17.9 Å². The minimum absolute atomic E-state index is 0.175. The first-order chi connectivity index (χ1) is 14.3. The Morgan fingerprint density at radius 2 is 1.57 bits per heavy atom. The second-order valence-electron chi connectivity index (χ2n) is 7.19. The third-order valence-corrected chi connectivity index (χ3v) is 4.73. The van der Waals surface area contributed by atoms with Crippen molar-refractivity contribution in [2.75, 3.05) is 24.3 Å². The quantitative estimate of drug-likeness (QED) is 0.628. The zero-order valence-electron chi connectivity index (χ0n) is 17.1. The van der Waals surface area contributed by atoms with Crippen LogP contribution in [0.5, 0.6) is 0 Å². The highest BCUT2D eigenvalue weighted by atomic mass is 19.1. The lowest BCUT2D eigenvalue weighted by atomic mass is 10.1. The largest absolute Gasteiger partial charge is 0.377 e. The molecule has 3 rings (SSSR count). The lowest BCUT2D eigenvalue weighted by Gasteiger charge is -2.20. The van der Waals surface area contributed by atoms with Gasteiger partial charge in [0.1, 0.15) is 5.82 Å². The van der Waals surface area contributed by atoms with Crippen molar-refractivity contribution in [2.24, 2.45) is 0 Å². The molecule has 0 aliphatic heterocycles. The molecule has 0 radical (unpaired) electrons. The highest BCUT2D eigenvalue weighted by Crippen LogP contribution is 2.24. The number of nitrogens with zero attached hydrogens (tertiary/aromatic N) is 1. The molecule has 0 heterocycles. The van der Waals surface area contributed by atoms with Crippen LogP contribution in [-0.4, -0.2) is 25.9 Å². The van der Waals surface area contributed by atoms with Crippen molar-refractivity contribution >= 4 is 23.2 Å². The van der Waals surface area contributed by atoms with Gasteiger partial charge in [-0.15, -0.1) is 0 Å². The van der Waals surface area contributed by atoms with E-state index in [2.05, 4.69) is 10.6 Å². The number of anilines is 2. The van der Waals surface area contributed by atoms with Crippen molar-refractivity contribution in [3.8, 4) is 0 Å². The fourth-order valence-corrected chi connectivity index (χ4v) is 3.09. The van der Waals surface area contributed by atoms with Crippen molar-refractivity contribution in [2.45, 2.75) is 13.0 Å². The molecule has 0 aromatic heterocycles. The van der Waals surface area contributed by atoms with Crippen LogP contribution >= 0.6 is 0 Å². The van der Waals surface area contributed by atoms with Crippen LogP contribution in [0.4, 0.5) is 15.8 Å². The molecular weight excluding hydrogens is 381 g/mol. The summed E-state index contributed by atoms with van der Waals surface area (Å²) >= 11 is 0. The Morgan fingerprint density at radius 3 is 2.20 bits per heavy atom. The Kier molecular flexibility index (Phi) is 6.47. The van der Waals surface area contributed by atoms with E-state index in [1.165, 1.54) is 24.3 Å². The summed E-state index contributed by atoms with van der Waals surface area (Å²) in [5, 5.41) is 5.77. The summed E-state index contributed by atoms with van der Waals surface area (Å²) in [5.41, 5.74) is 2.98. The van der Waals surface area contributed by atoms with Crippen LogP contribution in [-0.2, 0) is 0 Å². The maximum Gasteiger partial charge on any atom is 0.255 e. The summed E-state index contributed by atoms with van der Waals surface area (Å²) in [4.78, 5) is 27.3. The van der Waals surface area contributed by atoms with E-state index >= 15 is 0 Å². The number of carbonyl (C=O) groups is 2. The molecule has 2 N–H and O–H groups in total. The highest BCUT2D eigenvalue weighted by Gasteiger charge is 2.17. The predicted molar refractivity (Wildman–Crippen MR) is 117 cm³/mol. The van der Waals surface area contributed by atoms with Gasteiger partial charge in [-0.25, -0.2) is 4.39 Å². The number of carbonyl (C=O) groups excluding carboxylic acids is 2. The normalized spacial score (nSPS) is 11.5. The molecule has 2 amide bonds. The lowest BCUT2D eigenvalue weighted by molar-refractivity contribution is 0.0939. The summed E-state index contributed by atoms with van der Waals surface area (Å²) in [6, 6.07) is 19.9. The molecule has 3 aromatic rings. The summed E-state index contributed by atoms with van der Waals surface area (Å²) in [7, 11) is 3.70. The molecule has 6 heteroatoms. The standard InChI is InChI=1S/C24H24FN3O2/c1-16(17-7-5-4-6-8-17)26-24(30)21-15-20(13-14-22(21)28(2)3)27-23(29)18-9-11-19(25)12-10-18/h4-16H,1-3H3,(H,26,30)(H,27,29). The van der Waals surface area contributed by atoms with Crippen LogP contribution in [0.25, 0.3) is 0 Å². The van der Waals surface area contributed by atoms with Crippen LogP contribution in [0.15, 0.2) is 72.8 Å². The molecule has 0 aliphatic rings. The van der Waals surface area contributed by atoms with Gasteiger partial charge in [-0.2, -0.15) is 0 Å². The second kappa shape index (κ2) is 9.22. The molecule has 0 spiro atoms. The Morgan fingerprint density at radius 1 is 0.900 bits per heavy atom. The Bertz CT molecular complexity index is 1030. The van der Waals surface area contributed by atoms with E-state index in [0.29, 0.717) is 16.8 Å². The summed E-state index contributed by atoms with van der Waals surface area (Å²) in [6.07, 6.45) is 0. The molecular formula is C24H24FN3O2. The maximum absolute atomic E-state index is 13.1. The number of rotatable bonds is 6. The molecule has 0 bridgehead atoms. The van der Waals surface area contributed by atoms with Crippen LogP contribution in [0.2, 0.25) is 0 Å². The van der Waals surface area contributed by atoms with E-state index in [4.69, 9.17) is 0 Å². The minimum atomic E-state index is -0.409. The second-order valence-corrected chi connectivity index (χ2v) is 7.19. The van der Waals surface area contributed by atoms with Gasteiger partial charge >= 0.3 is 0 Å². The predicted octanol–water partition coefficient (Wildman–Crippen LogP) is 4.64. The number of hydrogen-bond acceptors (Lipinski definition) is 3. The number of benzene rings is 3. The fourth-order valence-electron chi connectivity index (χ4n) is 3.09. The van der Waals surface area contributed by atoms with Crippen LogP contribution in [0.1, 0.15) is 39.2 Å². The molecule has 0 saturated carbocycles. The molecule has 1 unspecified atom stereocenters. The Balaban J connectivity index is 1.82. The molecule has 154 valence electrons. The van der Waals surface area contributed by atoms with Gasteiger partial charge in [-0.05, 0) is 55.0 Å². The molecule has 5 nitrogen and oxygen atoms in total. The third kappa shape index (κ3) is 5.03. The molecule has 0 saturated heterocycles. The molecule has 0 fully saturated rings. The minimum Gasteiger partial charge on any atom is -0.377 e. The molecule has 30 heavy (non-hydrogen) atoms. The average molecular weight is 405 g/mol. The summed E-state index contributed by atoms with van der Waals surface area (Å²) in [5.74, 6) is -1.03. The van der Waals surface area contributed by atoms with E-state index in [1.54, 1.807) is 18.2 Å². The lowest BCUT2D eigenvalue weighted by Crippen LogP contribution is -2.28. The summed E-state index contributed by atoms with van der Waals surface area (Å²) in [6.45, 7) is 1.92. The fraction of sp³-hybridized carbons (Fsp3) is 0.167. The first kappa shape index (κ1) is 21.0. The van der Waals surface area contributed by atoms with Gasteiger partial charge in [0, 0.05) is 31.0 Å². The van der Waals surface area contributed by atoms with Gasteiger partial charge in [0.05, 0.1) is 11.6 Å². The van der Waals surface area contributed by atoms with Gasteiger partial charge in [0.2, 0.25) is 0 Å². The van der Waals surface area contributed by atoms with Crippen LogP contribution in [0.3, 0.4) is 0 Å². The van der Waals surface area contributed by atoms with Gasteiger partial charge in [-0.1, -0.05) is 30.3 Å². The third-order valence-electron chi connectivity index (χ3n) is 4.73. The van der Waals surface area contributed by atoms with Gasteiger partial charge in [-0.3, -0.25) is 9.59 Å². The van der Waals surface area contributed by atoms with E-state index in [0.717, 1.165) is 11.3 Å². The number of hydrogen-bond donors (Lipinski definition) is 2. The van der Waals surface area contributed by atoms with E-state index in [9.17, 15) is 14.0 Å². The van der Waals surface area contributed by atoms with Gasteiger partial charge in [0.25, 0.3) is 11.8 Å². The average Bonchev–Trinajstić information content (AvgIpc) is 2.74. The van der Waals surface area contributed by atoms with E-state index < -0.39 is 5.82 Å². The van der Waals surface area contributed by atoms with Crippen LogP contribution in [0, 0.1) is 5.82 Å². The van der Waals surface area contributed by atoms with Gasteiger partial charge in [0.15, 0.2) is 0 Å². The monoisotopic (exact) mass is 405 g/mol. The Labute approximate surface area is 175 Å². The van der Waals surface area contributed by atoms with Crippen LogP contribution < -0.4 is 15.5 Å². The number of amides is 2. The van der Waals surface area contributed by atoms with Crippen molar-refractivity contribution < 1.29 is 14.0 Å².